The molecule has 0 amide bonds. The second-order valence-corrected chi connectivity index (χ2v) is 4.73. The van der Waals surface area contributed by atoms with E-state index < -0.39 is 5.97 Å². The molecule has 1 unspecified atom stereocenters. The predicted octanol–water partition coefficient (Wildman–Crippen LogP) is 1.53. The van der Waals surface area contributed by atoms with Gasteiger partial charge in [0.2, 0.25) is 0 Å². The zero-order valence-electron chi connectivity index (χ0n) is 11.4. The Balaban J connectivity index is 2.13. The molecule has 19 heavy (non-hydrogen) atoms. The van der Waals surface area contributed by atoms with E-state index in [0.717, 1.165) is 19.5 Å². The van der Waals surface area contributed by atoms with Crippen LogP contribution in [0.2, 0.25) is 0 Å². The van der Waals surface area contributed by atoms with Gasteiger partial charge in [-0.1, -0.05) is 6.07 Å². The minimum absolute atomic E-state index is 0.129. The zero-order valence-corrected chi connectivity index (χ0v) is 11.4. The molecule has 1 saturated heterocycles. The Kier molecular flexibility index (Phi) is 4.27. The Morgan fingerprint density at radius 2 is 2.32 bits per heavy atom. The van der Waals surface area contributed by atoms with Crippen molar-refractivity contribution in [2.75, 3.05) is 32.5 Å². The van der Waals surface area contributed by atoms with Crippen LogP contribution in [0.25, 0.3) is 0 Å². The van der Waals surface area contributed by atoms with Gasteiger partial charge in [-0.25, -0.2) is 4.79 Å². The molecular weight excluding hydrogens is 244 g/mol. The molecule has 1 fully saturated rings. The monoisotopic (exact) mass is 264 g/mol. The van der Waals surface area contributed by atoms with Gasteiger partial charge in [0.05, 0.1) is 17.9 Å². The van der Waals surface area contributed by atoms with Gasteiger partial charge in [-0.05, 0) is 32.5 Å². The molecule has 0 saturated carbocycles. The third-order valence-corrected chi connectivity index (χ3v) is 3.20. The molecule has 0 aliphatic carbocycles. The van der Waals surface area contributed by atoms with Crippen molar-refractivity contribution in [2.24, 2.45) is 0 Å². The lowest BCUT2D eigenvalue weighted by molar-refractivity contribution is 0.0527. The average molecular weight is 264 g/mol. The van der Waals surface area contributed by atoms with E-state index in [1.807, 2.05) is 0 Å². The number of benzene rings is 1. The number of nitrogens with two attached hydrogens (primary N) is 1. The third-order valence-electron chi connectivity index (χ3n) is 3.20. The fourth-order valence-electron chi connectivity index (χ4n) is 2.20. The maximum atomic E-state index is 11.7. The lowest BCUT2D eigenvalue weighted by Crippen LogP contribution is -2.22. The Bertz CT molecular complexity index is 462. The molecule has 104 valence electrons. The standard InChI is InChI=1S/C14H20N2O3/c1-3-18-14(17)11-5-4-6-12(13(11)15)19-10-7-8-16(2)9-10/h4-6,10H,3,7-9,15H2,1-2H3. The highest BCUT2D eigenvalue weighted by Crippen LogP contribution is 2.28. The number of esters is 1. The van der Waals surface area contributed by atoms with Crippen LogP contribution in [0.5, 0.6) is 5.75 Å². The van der Waals surface area contributed by atoms with Crippen molar-refractivity contribution >= 4 is 11.7 Å². The first-order chi connectivity index (χ1) is 9.11. The van der Waals surface area contributed by atoms with Gasteiger partial charge in [0.25, 0.3) is 0 Å². The van der Waals surface area contributed by atoms with E-state index in [1.165, 1.54) is 0 Å². The minimum Gasteiger partial charge on any atom is -0.487 e. The molecule has 2 N–H and O–H groups in total. The van der Waals surface area contributed by atoms with Crippen LogP contribution in [0.4, 0.5) is 5.69 Å². The van der Waals surface area contributed by atoms with Crippen LogP contribution < -0.4 is 10.5 Å². The van der Waals surface area contributed by atoms with E-state index in [2.05, 4.69) is 11.9 Å². The summed E-state index contributed by atoms with van der Waals surface area (Å²) >= 11 is 0. The summed E-state index contributed by atoms with van der Waals surface area (Å²) in [7, 11) is 2.06. The largest absolute Gasteiger partial charge is 0.487 e. The van der Waals surface area contributed by atoms with E-state index in [-0.39, 0.29) is 6.10 Å². The number of nitrogens with zero attached hydrogens (tertiary/aromatic N) is 1. The number of carbonyl (C=O) groups excluding carboxylic acids is 1. The van der Waals surface area contributed by atoms with Gasteiger partial charge in [0.1, 0.15) is 11.9 Å². The summed E-state index contributed by atoms with van der Waals surface area (Å²) < 4.78 is 10.8. The number of rotatable bonds is 4. The van der Waals surface area contributed by atoms with E-state index in [9.17, 15) is 4.79 Å². The summed E-state index contributed by atoms with van der Waals surface area (Å²) in [6.45, 7) is 3.99. The quantitative estimate of drug-likeness (QED) is 0.660. The van der Waals surface area contributed by atoms with Crippen LogP contribution in [0.15, 0.2) is 18.2 Å². The van der Waals surface area contributed by atoms with Gasteiger partial charge in [-0.2, -0.15) is 0 Å². The smallest absolute Gasteiger partial charge is 0.340 e. The molecule has 5 heteroatoms. The lowest BCUT2D eigenvalue weighted by atomic mass is 10.1. The molecular formula is C14H20N2O3. The van der Waals surface area contributed by atoms with Gasteiger partial charge in [-0.15, -0.1) is 0 Å². The highest BCUT2D eigenvalue weighted by atomic mass is 16.5. The number of anilines is 1. The first kappa shape index (κ1) is 13.7. The average Bonchev–Trinajstić information content (AvgIpc) is 2.78. The van der Waals surface area contributed by atoms with Gasteiger partial charge >= 0.3 is 5.97 Å². The van der Waals surface area contributed by atoms with Crippen LogP contribution in [0, 0.1) is 0 Å². The number of carbonyl (C=O) groups is 1. The van der Waals surface area contributed by atoms with Crippen molar-refractivity contribution in [3.63, 3.8) is 0 Å². The Morgan fingerprint density at radius 1 is 1.53 bits per heavy atom. The molecule has 1 aromatic carbocycles. The topological polar surface area (TPSA) is 64.8 Å². The van der Waals surface area contributed by atoms with Gasteiger partial charge in [0, 0.05) is 13.1 Å². The van der Waals surface area contributed by atoms with Crippen LogP contribution in [0.1, 0.15) is 23.7 Å². The van der Waals surface area contributed by atoms with Gasteiger partial charge < -0.3 is 20.1 Å². The molecule has 0 bridgehead atoms. The van der Waals surface area contributed by atoms with Crippen molar-refractivity contribution in [3.05, 3.63) is 23.8 Å². The van der Waals surface area contributed by atoms with E-state index in [1.54, 1.807) is 25.1 Å². The van der Waals surface area contributed by atoms with E-state index in [4.69, 9.17) is 15.2 Å². The maximum Gasteiger partial charge on any atom is 0.340 e. The summed E-state index contributed by atoms with van der Waals surface area (Å²) in [6, 6.07) is 5.20. The fourth-order valence-corrected chi connectivity index (χ4v) is 2.20. The van der Waals surface area contributed by atoms with Crippen molar-refractivity contribution in [1.29, 1.82) is 0 Å². The summed E-state index contributed by atoms with van der Waals surface area (Å²) in [5.74, 6) is 0.153. The van der Waals surface area contributed by atoms with Crippen LogP contribution in [-0.2, 0) is 4.74 Å². The molecule has 0 aromatic heterocycles. The predicted molar refractivity (Wildman–Crippen MR) is 73.3 cm³/mol. The SMILES string of the molecule is CCOC(=O)c1cccc(OC2CCN(C)C2)c1N. The van der Waals surface area contributed by atoms with Crippen LogP contribution >= 0.6 is 0 Å². The molecule has 2 rings (SSSR count). The van der Waals surface area contributed by atoms with Crippen molar-refractivity contribution in [1.82, 2.24) is 4.90 Å². The molecule has 0 radical (unpaired) electrons. The minimum atomic E-state index is -0.408. The molecule has 1 heterocycles. The highest BCUT2D eigenvalue weighted by molar-refractivity contribution is 5.96. The number of hydrogen-bond donors (Lipinski definition) is 1. The number of nitrogen functional groups attached to an aromatic ring is 1. The molecule has 1 aromatic rings. The van der Waals surface area contributed by atoms with Crippen LogP contribution in [-0.4, -0.2) is 43.7 Å². The molecule has 0 spiro atoms. The van der Waals surface area contributed by atoms with E-state index in [0.29, 0.717) is 23.6 Å². The highest BCUT2D eigenvalue weighted by Gasteiger charge is 2.23. The third kappa shape index (κ3) is 3.17. The van der Waals surface area contributed by atoms with Gasteiger partial charge in [0.15, 0.2) is 0 Å². The molecule has 1 aliphatic heterocycles. The molecule has 5 nitrogen and oxygen atoms in total. The van der Waals surface area contributed by atoms with Gasteiger partial charge in [-0.3, -0.25) is 0 Å². The Labute approximate surface area is 113 Å². The maximum absolute atomic E-state index is 11.7. The lowest BCUT2D eigenvalue weighted by Gasteiger charge is -2.16. The normalized spacial score (nSPS) is 19.4. The fraction of sp³-hybridized carbons (Fsp3) is 0.500. The first-order valence-electron chi connectivity index (χ1n) is 6.52. The van der Waals surface area contributed by atoms with Crippen molar-refractivity contribution in [3.8, 4) is 5.75 Å². The Hall–Kier alpha value is -1.75. The summed E-state index contributed by atoms with van der Waals surface area (Å²) in [6.07, 6.45) is 1.10. The number of ether oxygens (including phenoxy) is 2. The number of likely N-dealkylation sites (tertiary alicyclic amines) is 1. The number of likely N-dealkylation sites (N-methyl/N-ethyl adjacent to an activating group) is 1. The van der Waals surface area contributed by atoms with Crippen LogP contribution in [0.3, 0.4) is 0 Å². The zero-order chi connectivity index (χ0) is 13.8. The second kappa shape index (κ2) is 5.93. The number of hydrogen-bond acceptors (Lipinski definition) is 5. The van der Waals surface area contributed by atoms with E-state index >= 15 is 0 Å². The number of para-hydroxylation sites is 1. The molecule has 1 atom stereocenters. The van der Waals surface area contributed by atoms with Crippen molar-refractivity contribution < 1.29 is 14.3 Å². The first-order valence-corrected chi connectivity index (χ1v) is 6.52. The summed E-state index contributed by atoms with van der Waals surface area (Å²) in [5, 5.41) is 0. The second-order valence-electron chi connectivity index (χ2n) is 4.73. The van der Waals surface area contributed by atoms with Crippen molar-refractivity contribution in [2.45, 2.75) is 19.4 Å². The molecule has 1 aliphatic rings. The summed E-state index contributed by atoms with van der Waals surface area (Å²) in [4.78, 5) is 13.9. The summed E-state index contributed by atoms with van der Waals surface area (Å²) in [5.41, 5.74) is 6.71. The Morgan fingerprint density at radius 3 is 2.95 bits per heavy atom.